The van der Waals surface area contributed by atoms with Gasteiger partial charge in [-0.15, -0.1) is 0 Å². The summed E-state index contributed by atoms with van der Waals surface area (Å²) in [5, 5.41) is 3.30. The Morgan fingerprint density at radius 3 is 1.65 bits per heavy atom. The van der Waals surface area contributed by atoms with Gasteiger partial charge in [0.1, 0.15) is 0 Å². The molecule has 0 bridgehead atoms. The van der Waals surface area contributed by atoms with Crippen LogP contribution in [-0.4, -0.2) is 35.6 Å². The summed E-state index contributed by atoms with van der Waals surface area (Å²) in [5.74, 6) is 0. The van der Waals surface area contributed by atoms with Crippen molar-refractivity contribution < 1.29 is 9.53 Å². The molecule has 0 aliphatic rings. The molecule has 3 nitrogen and oxygen atoms in total. The summed E-state index contributed by atoms with van der Waals surface area (Å²) in [5.41, 5.74) is 0. The number of rotatable bonds is 14. The molecule has 0 aromatic heterocycles. The van der Waals surface area contributed by atoms with E-state index in [4.69, 9.17) is 4.74 Å². The van der Waals surface area contributed by atoms with Crippen molar-refractivity contribution in [3.63, 3.8) is 0 Å². The summed E-state index contributed by atoms with van der Waals surface area (Å²) in [7, 11) is 1.49. The monoisotopic (exact) mass is 435 g/mol. The molecule has 0 radical (unpaired) electrons. The number of alkyl carbamates (subject to hydrolysis) is 1. The van der Waals surface area contributed by atoms with E-state index in [1.165, 1.54) is 78.2 Å². The molecule has 0 aromatic carbocycles. The van der Waals surface area contributed by atoms with Crippen LogP contribution < -0.4 is 5.32 Å². The molecular weight excluding hydrogens is 393 g/mol. The van der Waals surface area contributed by atoms with Crippen molar-refractivity contribution in [2.75, 3.05) is 7.11 Å². The molecule has 0 saturated carbocycles. The predicted octanol–water partition coefficient (Wildman–Crippen LogP) is 6.29. The first-order chi connectivity index (χ1) is 11.1. The second-order valence-corrected chi connectivity index (χ2v) is 21.1. The molecule has 138 valence electrons. The molecule has 1 unspecified atom stereocenters. The number of ether oxygens (including phenoxy) is 1. The van der Waals surface area contributed by atoms with Gasteiger partial charge in [0.25, 0.3) is 0 Å². The first kappa shape index (κ1) is 23.1. The van der Waals surface area contributed by atoms with E-state index in [1.54, 1.807) is 0 Å². The number of hydrogen-bond acceptors (Lipinski definition) is 2. The van der Waals surface area contributed by atoms with Crippen LogP contribution in [-0.2, 0) is 4.74 Å². The van der Waals surface area contributed by atoms with E-state index in [2.05, 4.69) is 33.0 Å². The molecule has 23 heavy (non-hydrogen) atoms. The summed E-state index contributed by atoms with van der Waals surface area (Å²) in [6.45, 7) is 9.14. The van der Waals surface area contributed by atoms with Gasteiger partial charge in [-0.25, -0.2) is 0 Å². The molecule has 0 spiro atoms. The second-order valence-electron chi connectivity index (χ2n) is 7.00. The third kappa shape index (κ3) is 9.21. The Bertz CT molecular complexity index is 275. The number of methoxy groups -OCH3 is 1. The maximum atomic E-state index is 12.0. The third-order valence-corrected chi connectivity index (χ3v) is 22.2. The molecule has 1 atom stereocenters. The average Bonchev–Trinajstić information content (AvgIpc) is 2.58. The molecule has 0 rings (SSSR count). The summed E-state index contributed by atoms with van der Waals surface area (Å²) >= 11 is -2.42. The fourth-order valence-electron chi connectivity index (χ4n) is 3.63. The molecule has 0 aliphatic carbocycles. The van der Waals surface area contributed by atoms with Crippen LogP contribution in [0.25, 0.3) is 0 Å². The Morgan fingerprint density at radius 1 is 0.870 bits per heavy atom. The molecule has 4 heteroatoms. The number of carbonyl (C=O) groups excluding carboxylic acids is 1. The minimum absolute atomic E-state index is 0.211. The standard InChI is InChI=1S/C7H14NO2.3C4H9.Sn/c1-3-4-5-6-8-7(9)10-2;3*1-3-4-2;/h6H,3-5H2,1-2H3,(H,8,9);3*1,3-4H2,2H3;. The summed E-state index contributed by atoms with van der Waals surface area (Å²) in [4.78, 5) is 12.0. The van der Waals surface area contributed by atoms with E-state index in [1.807, 2.05) is 0 Å². The van der Waals surface area contributed by atoms with Crippen LogP contribution in [0.15, 0.2) is 0 Å². The van der Waals surface area contributed by atoms with Gasteiger partial charge in [0.15, 0.2) is 0 Å². The Hall–Kier alpha value is 0.0687. The minimum atomic E-state index is -2.42. The van der Waals surface area contributed by atoms with Crippen molar-refractivity contribution in [3.05, 3.63) is 0 Å². The zero-order chi connectivity index (χ0) is 17.6. The fourth-order valence-corrected chi connectivity index (χ4v) is 21.3. The fraction of sp³-hybridized carbons (Fsp3) is 0.947. The number of hydrogen-bond donors (Lipinski definition) is 1. The number of unbranched alkanes of at least 4 members (excludes halogenated alkanes) is 4. The van der Waals surface area contributed by atoms with Crippen LogP contribution >= 0.6 is 0 Å². The van der Waals surface area contributed by atoms with E-state index < -0.39 is 18.4 Å². The van der Waals surface area contributed by atoms with Crippen molar-refractivity contribution >= 4 is 24.5 Å². The third-order valence-electron chi connectivity index (χ3n) is 5.15. The van der Waals surface area contributed by atoms with E-state index in [0.717, 1.165) is 0 Å². The van der Waals surface area contributed by atoms with Crippen LogP contribution in [0.5, 0.6) is 0 Å². The van der Waals surface area contributed by atoms with Crippen molar-refractivity contribution in [2.24, 2.45) is 0 Å². The van der Waals surface area contributed by atoms with Gasteiger partial charge in [0.05, 0.1) is 0 Å². The van der Waals surface area contributed by atoms with Gasteiger partial charge >= 0.3 is 149 Å². The molecule has 1 amide bonds. The molecule has 0 saturated heterocycles. The molecule has 0 aromatic rings. The first-order valence-electron chi connectivity index (χ1n) is 9.94. The molecular formula is C19H41NO2Sn. The SMILES string of the molecule is CCCC[CH](NC(=O)OC)[Sn]([CH2]CCC)([CH2]CCC)[CH2]CCC. The number of nitrogens with one attached hydrogen (secondary N) is 1. The van der Waals surface area contributed by atoms with Crippen LogP contribution in [0.1, 0.15) is 85.5 Å². The van der Waals surface area contributed by atoms with Gasteiger partial charge in [0.2, 0.25) is 0 Å². The van der Waals surface area contributed by atoms with Crippen molar-refractivity contribution in [1.82, 2.24) is 5.32 Å². The van der Waals surface area contributed by atoms with Gasteiger partial charge in [-0.05, 0) is 0 Å². The normalized spacial score (nSPS) is 12.9. The van der Waals surface area contributed by atoms with Crippen molar-refractivity contribution in [3.8, 4) is 0 Å². The van der Waals surface area contributed by atoms with E-state index >= 15 is 0 Å². The zero-order valence-electron chi connectivity index (χ0n) is 16.4. The van der Waals surface area contributed by atoms with Crippen molar-refractivity contribution in [2.45, 2.75) is 103 Å². The maximum absolute atomic E-state index is 12.0. The van der Waals surface area contributed by atoms with Crippen LogP contribution in [0.2, 0.25) is 13.3 Å². The molecule has 0 fully saturated rings. The van der Waals surface area contributed by atoms with Crippen LogP contribution in [0.4, 0.5) is 4.79 Å². The Balaban J connectivity index is 5.35. The van der Waals surface area contributed by atoms with Gasteiger partial charge in [0, 0.05) is 0 Å². The topological polar surface area (TPSA) is 38.3 Å². The summed E-state index contributed by atoms with van der Waals surface area (Å²) in [6, 6.07) is 0. The molecule has 0 heterocycles. The van der Waals surface area contributed by atoms with Gasteiger partial charge < -0.3 is 0 Å². The van der Waals surface area contributed by atoms with Crippen molar-refractivity contribution in [1.29, 1.82) is 0 Å². The first-order valence-corrected chi connectivity index (χ1v) is 17.6. The van der Waals surface area contributed by atoms with Crippen LogP contribution in [0, 0.1) is 0 Å². The predicted molar refractivity (Wildman–Crippen MR) is 104 cm³/mol. The summed E-state index contributed by atoms with van der Waals surface area (Å²) < 4.78 is 9.71. The Kier molecular flexibility index (Phi) is 14.5. The number of carbonyl (C=O) groups is 1. The van der Waals surface area contributed by atoms with E-state index in [-0.39, 0.29) is 6.09 Å². The average molecular weight is 434 g/mol. The summed E-state index contributed by atoms with van der Waals surface area (Å²) in [6.07, 6.45) is 11.2. The number of amides is 1. The van der Waals surface area contributed by atoms with Gasteiger partial charge in [-0.3, -0.25) is 0 Å². The van der Waals surface area contributed by atoms with Gasteiger partial charge in [-0.2, -0.15) is 0 Å². The second kappa shape index (κ2) is 14.4. The van der Waals surface area contributed by atoms with Gasteiger partial charge in [-0.1, -0.05) is 0 Å². The van der Waals surface area contributed by atoms with E-state index in [9.17, 15) is 4.79 Å². The van der Waals surface area contributed by atoms with E-state index in [0.29, 0.717) is 4.06 Å². The molecule has 1 N–H and O–H groups in total. The Morgan fingerprint density at radius 2 is 1.30 bits per heavy atom. The Labute approximate surface area is 149 Å². The molecule has 0 aliphatic heterocycles. The zero-order valence-corrected chi connectivity index (χ0v) is 19.2. The quantitative estimate of drug-likeness (QED) is 0.327. The van der Waals surface area contributed by atoms with Crippen LogP contribution in [0.3, 0.4) is 0 Å².